The topological polar surface area (TPSA) is 154 Å². The molecule has 2 saturated heterocycles. The normalized spacial score (nSPS) is 21.4. The Hall–Kier alpha value is -5.84. The molecule has 0 radical (unpaired) electrons. The van der Waals surface area contributed by atoms with Crippen LogP contribution in [-0.4, -0.2) is 118 Å². The van der Waals surface area contributed by atoms with Crippen LogP contribution in [0.3, 0.4) is 0 Å². The zero-order valence-corrected chi connectivity index (χ0v) is 33.0. The predicted molar refractivity (Wildman–Crippen MR) is 214 cm³/mol. The Kier molecular flexibility index (Phi) is 10.8. The number of likely N-dealkylation sites (tertiary alicyclic amines) is 1. The average Bonchev–Trinajstić information content (AvgIpc) is 3.65. The number of rotatable bonds is 14. The monoisotopic (exact) mass is 822 g/mol. The van der Waals surface area contributed by atoms with Crippen molar-refractivity contribution in [1.82, 2.24) is 29.7 Å². The van der Waals surface area contributed by atoms with Gasteiger partial charge in [0, 0.05) is 85.9 Å². The Balaban J connectivity index is 0.658. The van der Waals surface area contributed by atoms with Crippen LogP contribution in [0.2, 0.25) is 0 Å². The van der Waals surface area contributed by atoms with Crippen molar-refractivity contribution in [2.45, 2.75) is 68.8 Å². The van der Waals surface area contributed by atoms with Gasteiger partial charge in [0.2, 0.25) is 17.7 Å². The van der Waals surface area contributed by atoms with Gasteiger partial charge in [0.05, 0.1) is 42.0 Å². The number of piperidine rings is 2. The standard InChI is InChI=1S/C44H44F2N6O8/c1-50-36-10-13-47-23-35(36)32-5-2-26(18-38(32)50)27-3-9-40(48-22-27)60-31-19-30(20-31)59-28-11-14-51(15-12-28)24-44(45,46)25-57-16-17-58-29-4-6-33-34(21-29)43(56)52(42(33)55)37-7-8-39(53)49-41(37)54/h2-6,9-10,13,18,21-23,28,30-31,37H,7-8,11-12,14-17,19-20,24-25H2,1H3,(H,49,53,54). The number of imide groups is 2. The molecule has 3 fully saturated rings. The fourth-order valence-corrected chi connectivity index (χ4v) is 8.58. The van der Waals surface area contributed by atoms with Gasteiger partial charge in [-0.1, -0.05) is 12.1 Å². The number of carbonyl (C=O) groups excluding carboxylic acids is 4. The lowest BCUT2D eigenvalue weighted by Gasteiger charge is -2.40. The molecular weight excluding hydrogens is 779 g/mol. The number of hydrogen-bond donors (Lipinski definition) is 1. The van der Waals surface area contributed by atoms with E-state index in [0.29, 0.717) is 31.8 Å². The Morgan fingerprint density at radius 3 is 2.40 bits per heavy atom. The smallest absolute Gasteiger partial charge is 0.283 e. The van der Waals surface area contributed by atoms with Crippen LogP contribution >= 0.6 is 0 Å². The Labute approximate surface area is 343 Å². The van der Waals surface area contributed by atoms with E-state index in [2.05, 4.69) is 45.1 Å². The van der Waals surface area contributed by atoms with Crippen molar-refractivity contribution in [1.29, 1.82) is 0 Å². The predicted octanol–water partition coefficient (Wildman–Crippen LogP) is 5.31. The van der Waals surface area contributed by atoms with Crippen molar-refractivity contribution < 1.29 is 46.9 Å². The van der Waals surface area contributed by atoms with Gasteiger partial charge < -0.3 is 23.5 Å². The molecule has 14 nitrogen and oxygen atoms in total. The summed E-state index contributed by atoms with van der Waals surface area (Å²) in [5, 5.41) is 4.45. The van der Waals surface area contributed by atoms with Gasteiger partial charge in [0.25, 0.3) is 17.7 Å². The number of alkyl halides is 2. The van der Waals surface area contributed by atoms with Crippen LogP contribution in [0.15, 0.2) is 73.2 Å². The molecule has 312 valence electrons. The highest BCUT2D eigenvalue weighted by Gasteiger charge is 2.45. The first-order valence-corrected chi connectivity index (χ1v) is 20.3. The number of carbonyl (C=O) groups is 4. The summed E-state index contributed by atoms with van der Waals surface area (Å²) >= 11 is 0. The maximum Gasteiger partial charge on any atom is 0.283 e. The van der Waals surface area contributed by atoms with Gasteiger partial charge in [-0.2, -0.15) is 0 Å². The van der Waals surface area contributed by atoms with Crippen LogP contribution in [0.25, 0.3) is 32.9 Å². The fourth-order valence-electron chi connectivity index (χ4n) is 8.58. The number of nitrogens with zero attached hydrogens (tertiary/aromatic N) is 5. The van der Waals surface area contributed by atoms with Gasteiger partial charge in [-0.05, 0) is 61.2 Å². The van der Waals surface area contributed by atoms with Crippen LogP contribution in [-0.2, 0) is 26.1 Å². The first-order valence-electron chi connectivity index (χ1n) is 20.3. The lowest BCUT2D eigenvalue weighted by Crippen LogP contribution is -2.54. The molecule has 3 aromatic heterocycles. The van der Waals surface area contributed by atoms with Crippen LogP contribution < -0.4 is 14.8 Å². The first kappa shape index (κ1) is 39.6. The van der Waals surface area contributed by atoms with Crippen molar-refractivity contribution in [3.05, 3.63) is 84.3 Å². The SMILES string of the molecule is Cn1c2ccncc2c2ccc(-c3ccc(OC4CC(OC5CCN(CC(F)(F)COCCOc6ccc7c(c6)C(=O)N(C6CCC(=O)NC6=O)C7=O)CC5)C4)nc3)cc21. The molecule has 1 atom stereocenters. The van der Waals surface area contributed by atoms with E-state index >= 15 is 0 Å². The highest BCUT2D eigenvalue weighted by atomic mass is 19.3. The molecule has 9 rings (SSSR count). The third-order valence-corrected chi connectivity index (χ3v) is 11.8. The number of ether oxygens (including phenoxy) is 4. The number of aromatic nitrogens is 3. The first-order chi connectivity index (χ1) is 29.0. The fraction of sp³-hybridized carbons (Fsp3) is 0.409. The second kappa shape index (κ2) is 16.3. The molecule has 60 heavy (non-hydrogen) atoms. The number of nitrogens with one attached hydrogen (secondary N) is 1. The van der Waals surface area contributed by atoms with E-state index in [4.69, 9.17) is 18.9 Å². The van der Waals surface area contributed by atoms with Crippen molar-refractivity contribution in [2.75, 3.05) is 39.5 Å². The van der Waals surface area contributed by atoms with Crippen molar-refractivity contribution in [2.24, 2.45) is 7.05 Å². The second-order valence-electron chi connectivity index (χ2n) is 15.9. The summed E-state index contributed by atoms with van der Waals surface area (Å²) < 4.78 is 55.2. The van der Waals surface area contributed by atoms with Gasteiger partial charge in [0.1, 0.15) is 31.1 Å². The largest absolute Gasteiger partial charge is 0.491 e. The molecule has 4 aliphatic rings. The molecule has 2 aromatic carbocycles. The number of benzene rings is 2. The minimum Gasteiger partial charge on any atom is -0.491 e. The summed E-state index contributed by atoms with van der Waals surface area (Å²) in [6.45, 7) is -0.381. The van der Waals surface area contributed by atoms with Crippen LogP contribution in [0.4, 0.5) is 8.78 Å². The van der Waals surface area contributed by atoms with Gasteiger partial charge in [0.15, 0.2) is 0 Å². The maximum atomic E-state index is 14.9. The Morgan fingerprint density at radius 2 is 1.62 bits per heavy atom. The number of halogens is 2. The third kappa shape index (κ3) is 8.06. The van der Waals surface area contributed by atoms with Gasteiger partial charge in [-0.15, -0.1) is 0 Å². The molecule has 0 bridgehead atoms. The molecule has 1 N–H and O–H groups in total. The van der Waals surface area contributed by atoms with Gasteiger partial charge >= 0.3 is 0 Å². The number of pyridine rings is 2. The third-order valence-electron chi connectivity index (χ3n) is 11.8. The Bertz CT molecular complexity index is 2460. The van der Waals surface area contributed by atoms with E-state index in [1.54, 1.807) is 4.90 Å². The molecule has 0 spiro atoms. The zero-order valence-electron chi connectivity index (χ0n) is 33.0. The van der Waals surface area contributed by atoms with Crippen LogP contribution in [0.1, 0.15) is 59.2 Å². The summed E-state index contributed by atoms with van der Waals surface area (Å²) in [5.74, 6) is -4.69. The molecule has 6 heterocycles. The molecule has 3 aliphatic heterocycles. The van der Waals surface area contributed by atoms with E-state index in [0.717, 1.165) is 50.7 Å². The lowest BCUT2D eigenvalue weighted by atomic mass is 9.91. The van der Waals surface area contributed by atoms with Crippen LogP contribution in [0, 0.1) is 0 Å². The van der Waals surface area contributed by atoms with Crippen molar-refractivity contribution in [3.8, 4) is 22.8 Å². The Morgan fingerprint density at radius 1 is 0.817 bits per heavy atom. The van der Waals surface area contributed by atoms with E-state index in [1.165, 1.54) is 18.2 Å². The minimum atomic E-state index is -3.07. The highest BCUT2D eigenvalue weighted by Crippen LogP contribution is 2.34. The van der Waals surface area contributed by atoms with E-state index in [-0.39, 0.29) is 61.2 Å². The highest BCUT2D eigenvalue weighted by molar-refractivity contribution is 6.23. The van der Waals surface area contributed by atoms with Gasteiger partial charge in [-0.25, -0.2) is 13.8 Å². The number of fused-ring (bicyclic) bond motifs is 4. The molecule has 1 saturated carbocycles. The molecule has 1 unspecified atom stereocenters. The number of hydrogen-bond acceptors (Lipinski definition) is 11. The molecule has 5 aromatic rings. The zero-order chi connectivity index (χ0) is 41.5. The van der Waals surface area contributed by atoms with Crippen molar-refractivity contribution >= 4 is 45.4 Å². The molecule has 1 aliphatic carbocycles. The number of amides is 4. The summed E-state index contributed by atoms with van der Waals surface area (Å²) in [5.41, 5.74) is 4.52. The summed E-state index contributed by atoms with van der Waals surface area (Å²) in [7, 11) is 2.06. The van der Waals surface area contributed by atoms with E-state index in [1.807, 2.05) is 36.8 Å². The second-order valence-corrected chi connectivity index (χ2v) is 15.9. The minimum absolute atomic E-state index is 0.00943. The molecule has 16 heteroatoms. The van der Waals surface area contributed by atoms with E-state index < -0.39 is 48.7 Å². The lowest BCUT2D eigenvalue weighted by molar-refractivity contribution is -0.136. The average molecular weight is 823 g/mol. The van der Waals surface area contributed by atoms with Gasteiger partial charge in [-0.3, -0.25) is 39.3 Å². The number of aryl methyl sites for hydroxylation is 1. The summed E-state index contributed by atoms with van der Waals surface area (Å²) in [4.78, 5) is 61.2. The maximum absolute atomic E-state index is 14.9. The van der Waals surface area contributed by atoms with Crippen LogP contribution in [0.5, 0.6) is 11.6 Å². The molecular formula is C44H44F2N6O8. The van der Waals surface area contributed by atoms with Crippen molar-refractivity contribution in [3.63, 3.8) is 0 Å². The van der Waals surface area contributed by atoms with E-state index in [9.17, 15) is 28.0 Å². The summed E-state index contributed by atoms with van der Waals surface area (Å²) in [6, 6.07) is 15.6. The summed E-state index contributed by atoms with van der Waals surface area (Å²) in [6.07, 6.45) is 8.53. The molecule has 4 amide bonds. The quantitative estimate of drug-likeness (QED) is 0.115.